The van der Waals surface area contributed by atoms with Gasteiger partial charge in [-0.1, -0.05) is 51.0 Å². The summed E-state index contributed by atoms with van der Waals surface area (Å²) < 4.78 is 24.0. The summed E-state index contributed by atoms with van der Waals surface area (Å²) in [6.07, 6.45) is 20.2. The average Bonchev–Trinajstić information content (AvgIpc) is 3.10. The highest BCUT2D eigenvalue weighted by Crippen LogP contribution is 2.37. The first-order valence-corrected chi connectivity index (χ1v) is 12.4. The molecule has 0 amide bonds. The van der Waals surface area contributed by atoms with E-state index in [1.165, 1.54) is 12.8 Å². The van der Waals surface area contributed by atoms with Crippen LogP contribution in [0.15, 0.2) is 49.3 Å². The Morgan fingerprint density at radius 2 is 2.19 bits per heavy atom. The zero-order chi connectivity index (χ0) is 22.8. The van der Waals surface area contributed by atoms with Crippen LogP contribution in [-0.2, 0) is 23.7 Å². The Morgan fingerprint density at radius 1 is 1.31 bits per heavy atom. The number of ether oxygens (including phenoxy) is 4. The molecule has 3 rings (SSSR count). The van der Waals surface area contributed by atoms with Crippen LogP contribution in [0.1, 0.15) is 65.2 Å². The van der Waals surface area contributed by atoms with Gasteiger partial charge in [-0.15, -0.1) is 6.58 Å². The Hall–Kier alpha value is -1.69. The maximum Gasteiger partial charge on any atom is 0.219 e. The fourth-order valence-corrected chi connectivity index (χ4v) is 4.73. The topological polar surface area (TPSA) is 54.0 Å². The van der Waals surface area contributed by atoms with Crippen molar-refractivity contribution in [2.75, 3.05) is 6.61 Å². The van der Waals surface area contributed by atoms with Gasteiger partial charge in [-0.25, -0.2) is 0 Å². The number of unbranched alkanes of at least 4 members (excludes halogenated alkanes) is 1. The maximum absolute atomic E-state index is 12.8. The summed E-state index contributed by atoms with van der Waals surface area (Å²) in [5.41, 5.74) is 0. The van der Waals surface area contributed by atoms with Gasteiger partial charge >= 0.3 is 0 Å². The number of hydrogen-bond acceptors (Lipinski definition) is 5. The van der Waals surface area contributed by atoms with Crippen LogP contribution in [0.4, 0.5) is 0 Å². The van der Waals surface area contributed by atoms with E-state index >= 15 is 0 Å². The quantitative estimate of drug-likeness (QED) is 0.352. The minimum Gasteiger partial charge on any atom is -0.469 e. The monoisotopic (exact) mass is 444 g/mol. The zero-order valence-corrected chi connectivity index (χ0v) is 19.7. The molecule has 0 spiro atoms. The summed E-state index contributed by atoms with van der Waals surface area (Å²) >= 11 is 0. The van der Waals surface area contributed by atoms with Crippen LogP contribution in [0, 0.1) is 17.8 Å². The number of ketones is 1. The second-order valence-electron chi connectivity index (χ2n) is 9.17. The Balaban J connectivity index is 1.73. The van der Waals surface area contributed by atoms with Crippen LogP contribution >= 0.6 is 0 Å². The summed E-state index contributed by atoms with van der Waals surface area (Å²) in [4.78, 5) is 12.8. The minimum absolute atomic E-state index is 0.0276. The first-order chi connectivity index (χ1) is 15.6. The normalized spacial score (nSPS) is 32.2. The molecule has 2 fully saturated rings. The van der Waals surface area contributed by atoms with E-state index in [2.05, 4.69) is 32.6 Å². The summed E-state index contributed by atoms with van der Waals surface area (Å²) in [6, 6.07) is 0. The number of allylic oxidation sites excluding steroid dienone is 3. The highest BCUT2D eigenvalue weighted by molar-refractivity contribution is 5.84. The lowest BCUT2D eigenvalue weighted by atomic mass is 9.89. The molecule has 0 aromatic rings. The standard InChI is InChI=1S/C27H40O5/c1-4-6-12-20(3)24(31-26-13-7-9-17-29-26)16-15-22-21(11-5-2)23(28)19-25(22)32-27-14-8-10-18-30-27/h5,8,10,14-16,18,20-22,24-27H,2,4,6-7,9,11-13,17,19H2,1,3H3/t20?,21-,22-,24-,25-,26?,27-/m1/s1. The molecule has 0 aromatic heterocycles. The van der Waals surface area contributed by atoms with Crippen LogP contribution in [0.3, 0.4) is 0 Å². The van der Waals surface area contributed by atoms with E-state index in [0.29, 0.717) is 18.8 Å². The molecule has 7 atom stereocenters. The largest absolute Gasteiger partial charge is 0.469 e. The first kappa shape index (κ1) is 24.9. The SMILES string of the molecule is C=CC[C@H]1C(=O)C[C@@H](O[C@@H]2C=CC=CO2)[C@@H]1C=C[C@@H](OC1CCCCO1)C(C)CCCC. The molecule has 1 aliphatic carbocycles. The number of carbonyl (C=O) groups is 1. The van der Waals surface area contributed by atoms with E-state index in [1.807, 2.05) is 24.3 Å². The second kappa shape index (κ2) is 13.1. The molecule has 0 radical (unpaired) electrons. The molecule has 2 heterocycles. The third-order valence-electron chi connectivity index (χ3n) is 6.65. The summed E-state index contributed by atoms with van der Waals surface area (Å²) in [5, 5.41) is 0. The molecule has 178 valence electrons. The van der Waals surface area contributed by atoms with Gasteiger partial charge in [-0.3, -0.25) is 4.79 Å². The van der Waals surface area contributed by atoms with Crippen LogP contribution in [0.2, 0.25) is 0 Å². The van der Waals surface area contributed by atoms with Crippen LogP contribution < -0.4 is 0 Å². The molecular formula is C27H40O5. The van der Waals surface area contributed by atoms with Gasteiger partial charge < -0.3 is 18.9 Å². The molecule has 0 N–H and O–H groups in total. The van der Waals surface area contributed by atoms with Crippen molar-refractivity contribution in [1.82, 2.24) is 0 Å². The van der Waals surface area contributed by atoms with E-state index in [0.717, 1.165) is 32.3 Å². The number of rotatable bonds is 12. The van der Waals surface area contributed by atoms with Gasteiger partial charge in [0.15, 0.2) is 6.29 Å². The Bertz CT molecular complexity index is 676. The van der Waals surface area contributed by atoms with Crippen molar-refractivity contribution < 1.29 is 23.7 Å². The van der Waals surface area contributed by atoms with Gasteiger partial charge in [0.1, 0.15) is 5.78 Å². The number of hydrogen-bond donors (Lipinski definition) is 0. The lowest BCUT2D eigenvalue weighted by molar-refractivity contribution is -0.187. The van der Waals surface area contributed by atoms with E-state index in [9.17, 15) is 4.79 Å². The van der Waals surface area contributed by atoms with Gasteiger partial charge in [-0.2, -0.15) is 0 Å². The summed E-state index contributed by atoms with van der Waals surface area (Å²) in [7, 11) is 0. The lowest BCUT2D eigenvalue weighted by Crippen LogP contribution is -2.31. The van der Waals surface area contributed by atoms with Crippen LogP contribution in [0.5, 0.6) is 0 Å². The molecule has 2 unspecified atom stereocenters. The van der Waals surface area contributed by atoms with Crippen molar-refractivity contribution >= 4 is 5.78 Å². The predicted molar refractivity (Wildman–Crippen MR) is 126 cm³/mol. The first-order valence-electron chi connectivity index (χ1n) is 12.4. The fourth-order valence-electron chi connectivity index (χ4n) is 4.73. The molecule has 5 nitrogen and oxygen atoms in total. The average molecular weight is 445 g/mol. The third kappa shape index (κ3) is 7.16. The second-order valence-corrected chi connectivity index (χ2v) is 9.17. The van der Waals surface area contributed by atoms with E-state index < -0.39 is 6.29 Å². The third-order valence-corrected chi connectivity index (χ3v) is 6.65. The van der Waals surface area contributed by atoms with Crippen molar-refractivity contribution in [3.05, 3.63) is 49.3 Å². The van der Waals surface area contributed by atoms with Crippen molar-refractivity contribution in [3.8, 4) is 0 Å². The van der Waals surface area contributed by atoms with E-state index in [4.69, 9.17) is 18.9 Å². The molecule has 0 aromatic carbocycles. The summed E-state index contributed by atoms with van der Waals surface area (Å²) in [6.45, 7) is 9.09. The Labute approximate surface area is 193 Å². The van der Waals surface area contributed by atoms with Gasteiger partial charge in [0.2, 0.25) is 6.29 Å². The molecular weight excluding hydrogens is 404 g/mol. The zero-order valence-electron chi connectivity index (χ0n) is 19.7. The maximum atomic E-state index is 12.8. The van der Waals surface area contributed by atoms with Crippen molar-refractivity contribution in [1.29, 1.82) is 0 Å². The molecule has 5 heteroatoms. The van der Waals surface area contributed by atoms with Crippen molar-refractivity contribution in [2.24, 2.45) is 17.8 Å². The van der Waals surface area contributed by atoms with Gasteiger partial charge in [0.25, 0.3) is 0 Å². The Morgan fingerprint density at radius 3 is 2.88 bits per heavy atom. The van der Waals surface area contributed by atoms with Crippen molar-refractivity contribution in [2.45, 2.75) is 90.0 Å². The smallest absolute Gasteiger partial charge is 0.219 e. The highest BCUT2D eigenvalue weighted by Gasteiger charge is 2.42. The molecule has 1 saturated heterocycles. The lowest BCUT2D eigenvalue weighted by Gasteiger charge is -2.30. The fraction of sp³-hybridized carbons (Fsp3) is 0.667. The van der Waals surface area contributed by atoms with Gasteiger partial charge in [-0.05, 0) is 50.2 Å². The number of carbonyl (C=O) groups excluding carboxylic acids is 1. The van der Waals surface area contributed by atoms with E-state index in [1.54, 1.807) is 6.26 Å². The molecule has 3 aliphatic rings. The molecule has 1 saturated carbocycles. The Kier molecular flexibility index (Phi) is 10.2. The predicted octanol–water partition coefficient (Wildman–Crippen LogP) is 5.87. The van der Waals surface area contributed by atoms with Crippen molar-refractivity contribution in [3.63, 3.8) is 0 Å². The molecule has 0 bridgehead atoms. The van der Waals surface area contributed by atoms with E-state index in [-0.39, 0.29) is 36.1 Å². The van der Waals surface area contributed by atoms with Gasteiger partial charge in [0, 0.05) is 24.9 Å². The molecule has 2 aliphatic heterocycles. The highest BCUT2D eigenvalue weighted by atomic mass is 16.7. The molecule has 32 heavy (non-hydrogen) atoms. The van der Waals surface area contributed by atoms with Crippen LogP contribution in [0.25, 0.3) is 0 Å². The van der Waals surface area contributed by atoms with Gasteiger partial charge in [0.05, 0.1) is 18.5 Å². The van der Waals surface area contributed by atoms with Crippen LogP contribution in [-0.4, -0.2) is 37.2 Å². The minimum atomic E-state index is -0.456. The summed E-state index contributed by atoms with van der Waals surface area (Å²) in [5.74, 6) is 0.461. The number of Topliss-reactive ketones (excluding diaryl/α,β-unsaturated/α-hetero) is 1.